The van der Waals surface area contributed by atoms with E-state index in [-0.39, 0.29) is 12.3 Å². The number of thiazole rings is 1. The van der Waals surface area contributed by atoms with Crippen LogP contribution in [0.5, 0.6) is 5.75 Å². The lowest BCUT2D eigenvalue weighted by Gasteiger charge is -2.32. The van der Waals surface area contributed by atoms with Gasteiger partial charge in [0, 0.05) is 17.5 Å². The van der Waals surface area contributed by atoms with Crippen LogP contribution in [0.2, 0.25) is 5.02 Å². The van der Waals surface area contributed by atoms with Gasteiger partial charge in [0.15, 0.2) is 0 Å². The molecule has 6 heteroatoms. The summed E-state index contributed by atoms with van der Waals surface area (Å²) in [5.41, 5.74) is 4.98. The first-order valence-electron chi connectivity index (χ1n) is 9.24. The van der Waals surface area contributed by atoms with Gasteiger partial charge in [0.05, 0.1) is 29.9 Å². The standard InChI is InChI=1S/C22H21ClN2O2S/c1-14-9-10-19(27-2)21-16(14)7-5-11-25(21)20(26)12-15-13-28-22(24-15)17-6-3-4-8-18(17)23/h3-4,6,8-10,13H,5,7,11-12H2,1-2H3. The predicted molar refractivity (Wildman–Crippen MR) is 115 cm³/mol. The summed E-state index contributed by atoms with van der Waals surface area (Å²) in [6, 6.07) is 11.6. The summed E-state index contributed by atoms with van der Waals surface area (Å²) in [6.07, 6.45) is 2.18. The summed E-state index contributed by atoms with van der Waals surface area (Å²) in [5, 5.41) is 3.44. The monoisotopic (exact) mass is 412 g/mol. The molecule has 2 heterocycles. The Morgan fingerprint density at radius 3 is 2.89 bits per heavy atom. The van der Waals surface area contributed by atoms with E-state index in [1.54, 1.807) is 7.11 Å². The summed E-state index contributed by atoms with van der Waals surface area (Å²) >= 11 is 7.79. The van der Waals surface area contributed by atoms with E-state index in [4.69, 9.17) is 16.3 Å². The molecule has 1 aliphatic heterocycles. The maximum atomic E-state index is 13.1. The molecule has 1 aliphatic rings. The first kappa shape index (κ1) is 19.0. The van der Waals surface area contributed by atoms with Crippen LogP contribution in [0, 0.1) is 6.92 Å². The van der Waals surface area contributed by atoms with Crippen molar-refractivity contribution in [2.24, 2.45) is 0 Å². The van der Waals surface area contributed by atoms with Crippen molar-refractivity contribution in [1.82, 2.24) is 4.98 Å². The van der Waals surface area contributed by atoms with Crippen LogP contribution in [-0.2, 0) is 17.6 Å². The van der Waals surface area contributed by atoms with Crippen LogP contribution in [-0.4, -0.2) is 24.5 Å². The van der Waals surface area contributed by atoms with Gasteiger partial charge in [-0.3, -0.25) is 4.79 Å². The Kier molecular flexibility index (Phi) is 5.38. The third-order valence-corrected chi connectivity index (χ3v) is 6.32. The van der Waals surface area contributed by atoms with Crippen molar-refractivity contribution in [1.29, 1.82) is 0 Å². The maximum absolute atomic E-state index is 13.1. The molecule has 0 N–H and O–H groups in total. The van der Waals surface area contributed by atoms with Crippen molar-refractivity contribution in [2.75, 3.05) is 18.6 Å². The molecule has 0 saturated carbocycles. The number of hydrogen-bond donors (Lipinski definition) is 0. The van der Waals surface area contributed by atoms with E-state index in [2.05, 4.69) is 18.0 Å². The Bertz CT molecular complexity index is 1030. The Morgan fingerprint density at radius 2 is 2.11 bits per heavy atom. The van der Waals surface area contributed by atoms with Crippen LogP contribution in [0.15, 0.2) is 41.8 Å². The van der Waals surface area contributed by atoms with Crippen LogP contribution < -0.4 is 9.64 Å². The van der Waals surface area contributed by atoms with Gasteiger partial charge in [-0.1, -0.05) is 35.9 Å². The molecule has 0 atom stereocenters. The van der Waals surface area contributed by atoms with Gasteiger partial charge in [0.1, 0.15) is 10.8 Å². The zero-order chi connectivity index (χ0) is 19.7. The van der Waals surface area contributed by atoms with E-state index in [0.29, 0.717) is 11.6 Å². The highest BCUT2D eigenvalue weighted by molar-refractivity contribution is 7.13. The van der Waals surface area contributed by atoms with Crippen LogP contribution in [0.3, 0.4) is 0 Å². The van der Waals surface area contributed by atoms with Crippen LogP contribution in [0.25, 0.3) is 10.6 Å². The number of carbonyl (C=O) groups excluding carboxylic acids is 1. The topological polar surface area (TPSA) is 42.4 Å². The average Bonchev–Trinajstić information content (AvgIpc) is 3.16. The minimum Gasteiger partial charge on any atom is -0.495 e. The highest BCUT2D eigenvalue weighted by Crippen LogP contribution is 2.38. The fourth-order valence-corrected chi connectivity index (χ4v) is 4.80. The maximum Gasteiger partial charge on any atom is 0.233 e. The van der Waals surface area contributed by atoms with Gasteiger partial charge in [0.25, 0.3) is 0 Å². The number of nitrogens with zero attached hydrogens (tertiary/aromatic N) is 2. The number of fused-ring (bicyclic) bond motifs is 1. The fourth-order valence-electron chi connectivity index (χ4n) is 3.66. The predicted octanol–water partition coefficient (Wildman–Crippen LogP) is 5.30. The summed E-state index contributed by atoms with van der Waals surface area (Å²) in [5.74, 6) is 0.796. The molecule has 144 valence electrons. The van der Waals surface area contributed by atoms with Crippen molar-refractivity contribution in [3.8, 4) is 16.3 Å². The highest BCUT2D eigenvalue weighted by Gasteiger charge is 2.27. The summed E-state index contributed by atoms with van der Waals surface area (Å²) in [6.45, 7) is 2.79. The minimum absolute atomic E-state index is 0.0425. The molecule has 0 fully saturated rings. The quantitative estimate of drug-likeness (QED) is 0.583. The molecular formula is C22H21ClN2O2S. The van der Waals surface area contributed by atoms with E-state index in [0.717, 1.165) is 40.5 Å². The number of amides is 1. The Hall–Kier alpha value is -2.37. The lowest BCUT2D eigenvalue weighted by Crippen LogP contribution is -2.37. The summed E-state index contributed by atoms with van der Waals surface area (Å²) in [4.78, 5) is 19.6. The number of rotatable bonds is 4. The van der Waals surface area contributed by atoms with Gasteiger partial charge in [-0.25, -0.2) is 4.98 Å². The zero-order valence-corrected chi connectivity index (χ0v) is 17.4. The third-order valence-electron chi connectivity index (χ3n) is 5.07. The van der Waals surface area contributed by atoms with Gasteiger partial charge in [-0.05, 0) is 43.0 Å². The molecule has 2 aromatic carbocycles. The molecule has 3 aromatic rings. The largest absolute Gasteiger partial charge is 0.495 e. The second kappa shape index (κ2) is 7.94. The third kappa shape index (κ3) is 3.52. The molecule has 0 spiro atoms. The highest BCUT2D eigenvalue weighted by atomic mass is 35.5. The Morgan fingerprint density at radius 1 is 1.29 bits per heavy atom. The fraction of sp³-hybridized carbons (Fsp3) is 0.273. The van der Waals surface area contributed by atoms with E-state index in [1.807, 2.05) is 40.6 Å². The molecule has 4 rings (SSSR count). The van der Waals surface area contributed by atoms with E-state index in [9.17, 15) is 4.79 Å². The molecule has 4 nitrogen and oxygen atoms in total. The van der Waals surface area contributed by atoms with Crippen LogP contribution >= 0.6 is 22.9 Å². The number of aryl methyl sites for hydroxylation is 1. The molecule has 1 amide bonds. The molecule has 28 heavy (non-hydrogen) atoms. The molecule has 0 radical (unpaired) electrons. The van der Waals surface area contributed by atoms with Gasteiger partial charge >= 0.3 is 0 Å². The number of halogens is 1. The number of methoxy groups -OCH3 is 1. The van der Waals surface area contributed by atoms with E-state index >= 15 is 0 Å². The van der Waals surface area contributed by atoms with E-state index < -0.39 is 0 Å². The van der Waals surface area contributed by atoms with Gasteiger partial charge in [-0.15, -0.1) is 11.3 Å². The number of aromatic nitrogens is 1. The van der Waals surface area contributed by atoms with Crippen LogP contribution in [0.1, 0.15) is 23.2 Å². The molecule has 0 aliphatic carbocycles. The number of hydrogen-bond acceptors (Lipinski definition) is 4. The summed E-state index contributed by atoms with van der Waals surface area (Å²) in [7, 11) is 1.65. The molecule has 0 unspecified atom stereocenters. The molecule has 0 saturated heterocycles. The SMILES string of the molecule is COc1ccc(C)c2c1N(C(=O)Cc1csc(-c3ccccc3Cl)n1)CCC2. The molecular weight excluding hydrogens is 392 g/mol. The number of carbonyl (C=O) groups is 1. The lowest BCUT2D eigenvalue weighted by molar-refractivity contribution is -0.118. The molecule has 0 bridgehead atoms. The average molecular weight is 413 g/mol. The summed E-state index contributed by atoms with van der Waals surface area (Å²) < 4.78 is 5.55. The minimum atomic E-state index is 0.0425. The Labute approximate surface area is 173 Å². The normalized spacial score (nSPS) is 13.3. The van der Waals surface area contributed by atoms with Gasteiger partial charge in [0.2, 0.25) is 5.91 Å². The van der Waals surface area contributed by atoms with Crippen molar-refractivity contribution in [2.45, 2.75) is 26.2 Å². The number of benzene rings is 2. The Balaban J connectivity index is 1.60. The first-order chi connectivity index (χ1) is 13.6. The number of anilines is 1. The molecule has 1 aromatic heterocycles. The van der Waals surface area contributed by atoms with E-state index in [1.165, 1.54) is 22.5 Å². The second-order valence-electron chi connectivity index (χ2n) is 6.86. The van der Waals surface area contributed by atoms with Crippen molar-refractivity contribution in [3.05, 3.63) is 63.6 Å². The van der Waals surface area contributed by atoms with Crippen molar-refractivity contribution < 1.29 is 9.53 Å². The zero-order valence-electron chi connectivity index (χ0n) is 15.9. The van der Waals surface area contributed by atoms with Crippen molar-refractivity contribution in [3.63, 3.8) is 0 Å². The smallest absolute Gasteiger partial charge is 0.233 e. The van der Waals surface area contributed by atoms with Crippen LogP contribution in [0.4, 0.5) is 5.69 Å². The van der Waals surface area contributed by atoms with Crippen molar-refractivity contribution >= 4 is 34.5 Å². The van der Waals surface area contributed by atoms with Gasteiger partial charge in [-0.2, -0.15) is 0 Å². The number of ether oxygens (including phenoxy) is 1. The first-order valence-corrected chi connectivity index (χ1v) is 10.5. The van der Waals surface area contributed by atoms with Gasteiger partial charge < -0.3 is 9.64 Å². The second-order valence-corrected chi connectivity index (χ2v) is 8.13. The lowest BCUT2D eigenvalue weighted by atomic mass is 9.96.